The topological polar surface area (TPSA) is 97.8 Å². The zero-order valence-electron chi connectivity index (χ0n) is 16.2. The van der Waals surface area contributed by atoms with Crippen molar-refractivity contribution in [3.05, 3.63) is 39.3 Å². The molecule has 0 aliphatic heterocycles. The molecule has 0 bridgehead atoms. The van der Waals surface area contributed by atoms with Crippen molar-refractivity contribution >= 4 is 23.2 Å². The fourth-order valence-corrected chi connectivity index (χ4v) is 3.50. The van der Waals surface area contributed by atoms with Crippen LogP contribution in [0.5, 0.6) is 11.5 Å². The molecule has 2 rings (SSSR count). The minimum Gasteiger partial charge on any atom is -0.493 e. The van der Waals surface area contributed by atoms with Crippen LogP contribution in [0.15, 0.2) is 18.2 Å². The Bertz CT molecular complexity index is 860. The average Bonchev–Trinajstić information content (AvgIpc) is 3.03. The predicted molar refractivity (Wildman–Crippen MR) is 103 cm³/mol. The van der Waals surface area contributed by atoms with Crippen LogP contribution in [0, 0.1) is 6.92 Å². The number of hydrogen-bond acceptors (Lipinski definition) is 6. The van der Waals surface area contributed by atoms with E-state index in [0.29, 0.717) is 22.2 Å². The van der Waals surface area contributed by atoms with Gasteiger partial charge in [0.15, 0.2) is 11.5 Å². The van der Waals surface area contributed by atoms with Gasteiger partial charge in [-0.3, -0.25) is 4.79 Å². The zero-order chi connectivity index (χ0) is 20.4. The summed E-state index contributed by atoms with van der Waals surface area (Å²) in [6.07, 6.45) is 0. The summed E-state index contributed by atoms with van der Waals surface area (Å²) in [5.41, 5.74) is 0.379. The van der Waals surface area contributed by atoms with Gasteiger partial charge in [-0.15, -0.1) is 11.3 Å². The number of amides is 1. The maximum atomic E-state index is 12.9. The van der Waals surface area contributed by atoms with E-state index in [1.165, 1.54) is 0 Å². The number of aromatic nitrogens is 1. The minimum atomic E-state index is -1.01. The van der Waals surface area contributed by atoms with Crippen molar-refractivity contribution in [2.24, 2.45) is 0 Å². The van der Waals surface area contributed by atoms with Crippen molar-refractivity contribution in [1.29, 1.82) is 0 Å². The SMILES string of the molecule is COc1ccc(C(C)(C)C(=O)NC(C)c2nc(C)c(C(=O)O)s2)cc1OC. The quantitative estimate of drug-likeness (QED) is 0.750. The number of carboxylic acid groups (broad SMARTS) is 1. The Balaban J connectivity index is 2.23. The van der Waals surface area contributed by atoms with E-state index in [9.17, 15) is 14.7 Å². The number of aryl methyl sites for hydroxylation is 1. The van der Waals surface area contributed by atoms with Gasteiger partial charge < -0.3 is 19.9 Å². The maximum Gasteiger partial charge on any atom is 0.347 e. The highest BCUT2D eigenvalue weighted by atomic mass is 32.1. The van der Waals surface area contributed by atoms with Crippen molar-refractivity contribution in [3.8, 4) is 11.5 Å². The molecule has 2 aromatic rings. The third-order valence-corrected chi connectivity index (χ3v) is 5.73. The molecule has 0 saturated carbocycles. The molecule has 146 valence electrons. The van der Waals surface area contributed by atoms with Crippen LogP contribution in [-0.4, -0.2) is 36.2 Å². The second kappa shape index (κ2) is 7.96. The molecule has 0 fully saturated rings. The normalized spacial score (nSPS) is 12.4. The highest BCUT2D eigenvalue weighted by Gasteiger charge is 2.32. The Morgan fingerprint density at radius 2 is 1.85 bits per heavy atom. The first-order chi connectivity index (χ1) is 12.6. The number of carboxylic acids is 1. The van der Waals surface area contributed by atoms with E-state index < -0.39 is 17.4 Å². The largest absolute Gasteiger partial charge is 0.493 e. The Kier molecular flexibility index (Phi) is 6.10. The van der Waals surface area contributed by atoms with Crippen molar-refractivity contribution in [2.45, 2.75) is 39.2 Å². The molecule has 0 aliphatic carbocycles. The van der Waals surface area contributed by atoms with E-state index in [0.717, 1.165) is 16.9 Å². The summed E-state index contributed by atoms with van der Waals surface area (Å²) < 4.78 is 10.6. The molecule has 7 nitrogen and oxygen atoms in total. The van der Waals surface area contributed by atoms with Crippen LogP contribution in [0.1, 0.15) is 52.7 Å². The fraction of sp³-hybridized carbons (Fsp3) is 0.421. The first kappa shape index (κ1) is 20.7. The van der Waals surface area contributed by atoms with Gasteiger partial charge in [-0.05, 0) is 45.4 Å². The first-order valence-corrected chi connectivity index (χ1v) is 9.17. The van der Waals surface area contributed by atoms with Crippen LogP contribution in [0.4, 0.5) is 0 Å². The number of carbonyl (C=O) groups is 2. The lowest BCUT2D eigenvalue weighted by Gasteiger charge is -2.26. The third-order valence-electron chi connectivity index (χ3n) is 4.40. The molecule has 27 heavy (non-hydrogen) atoms. The van der Waals surface area contributed by atoms with Gasteiger partial charge in [0.1, 0.15) is 9.88 Å². The summed E-state index contributed by atoms with van der Waals surface area (Å²) in [4.78, 5) is 28.6. The van der Waals surface area contributed by atoms with Crippen molar-refractivity contribution in [3.63, 3.8) is 0 Å². The molecule has 0 aliphatic rings. The van der Waals surface area contributed by atoms with Crippen LogP contribution in [0.25, 0.3) is 0 Å². The smallest absolute Gasteiger partial charge is 0.347 e. The van der Waals surface area contributed by atoms with E-state index in [2.05, 4.69) is 10.3 Å². The fourth-order valence-electron chi connectivity index (χ4n) is 2.60. The molecule has 1 atom stereocenters. The molecule has 0 spiro atoms. The molecule has 1 heterocycles. The van der Waals surface area contributed by atoms with E-state index in [4.69, 9.17) is 9.47 Å². The van der Waals surface area contributed by atoms with Gasteiger partial charge in [0.2, 0.25) is 5.91 Å². The highest BCUT2D eigenvalue weighted by molar-refractivity contribution is 7.13. The number of hydrogen-bond donors (Lipinski definition) is 2. The molecule has 1 aromatic carbocycles. The Labute approximate surface area is 162 Å². The second-order valence-corrected chi connectivity index (χ2v) is 7.69. The Hall–Kier alpha value is -2.61. The Morgan fingerprint density at radius 1 is 1.22 bits per heavy atom. The maximum absolute atomic E-state index is 12.9. The average molecular weight is 392 g/mol. The van der Waals surface area contributed by atoms with Crippen LogP contribution < -0.4 is 14.8 Å². The summed E-state index contributed by atoms with van der Waals surface area (Å²) in [5.74, 6) is -0.0803. The van der Waals surface area contributed by atoms with E-state index >= 15 is 0 Å². The van der Waals surface area contributed by atoms with E-state index in [1.54, 1.807) is 40.2 Å². The zero-order valence-corrected chi connectivity index (χ0v) is 17.1. The van der Waals surface area contributed by atoms with Gasteiger partial charge >= 0.3 is 5.97 Å². The van der Waals surface area contributed by atoms with Crippen LogP contribution in [0.2, 0.25) is 0 Å². The van der Waals surface area contributed by atoms with Gasteiger partial charge in [-0.1, -0.05) is 6.07 Å². The van der Waals surface area contributed by atoms with Crippen LogP contribution >= 0.6 is 11.3 Å². The molecule has 1 aromatic heterocycles. The number of thiazole rings is 1. The van der Waals surface area contributed by atoms with Gasteiger partial charge in [0.25, 0.3) is 0 Å². The number of ether oxygens (including phenoxy) is 2. The van der Waals surface area contributed by atoms with Gasteiger partial charge in [-0.2, -0.15) is 0 Å². The molecule has 8 heteroatoms. The van der Waals surface area contributed by atoms with Crippen molar-refractivity contribution < 1.29 is 24.2 Å². The van der Waals surface area contributed by atoms with Crippen molar-refractivity contribution in [2.75, 3.05) is 14.2 Å². The summed E-state index contributed by atoms with van der Waals surface area (Å²) in [6.45, 7) is 7.05. The first-order valence-electron chi connectivity index (χ1n) is 8.35. The molecule has 2 N–H and O–H groups in total. The number of carbonyl (C=O) groups excluding carboxylic acids is 1. The Morgan fingerprint density at radius 3 is 2.37 bits per heavy atom. The lowest BCUT2D eigenvalue weighted by molar-refractivity contribution is -0.126. The number of nitrogens with one attached hydrogen (secondary N) is 1. The van der Waals surface area contributed by atoms with Crippen LogP contribution in [0.3, 0.4) is 0 Å². The third kappa shape index (κ3) is 4.21. The standard InChI is InChI=1S/C19H24N2O5S/c1-10-15(17(22)23)27-16(20-10)11(2)21-18(24)19(3,4)12-7-8-13(25-5)14(9-12)26-6/h7-9,11H,1-6H3,(H,21,24)(H,22,23). The number of nitrogens with zero attached hydrogens (tertiary/aromatic N) is 1. The van der Waals surface area contributed by atoms with E-state index in [-0.39, 0.29) is 10.8 Å². The summed E-state index contributed by atoms with van der Waals surface area (Å²) >= 11 is 1.07. The van der Waals surface area contributed by atoms with Gasteiger partial charge in [-0.25, -0.2) is 9.78 Å². The molecule has 1 amide bonds. The second-order valence-electron chi connectivity index (χ2n) is 6.66. The molecular weight excluding hydrogens is 368 g/mol. The number of rotatable bonds is 7. The lowest BCUT2D eigenvalue weighted by atomic mass is 9.83. The van der Waals surface area contributed by atoms with Crippen LogP contribution in [-0.2, 0) is 10.2 Å². The number of methoxy groups -OCH3 is 2. The minimum absolute atomic E-state index is 0.185. The van der Waals surface area contributed by atoms with Gasteiger partial charge in [0.05, 0.1) is 31.4 Å². The monoisotopic (exact) mass is 392 g/mol. The number of benzene rings is 1. The molecule has 0 radical (unpaired) electrons. The summed E-state index contributed by atoms with van der Waals surface area (Å²) in [6, 6.07) is 4.95. The molecule has 1 unspecified atom stereocenters. The summed E-state index contributed by atoms with van der Waals surface area (Å²) in [5, 5.41) is 12.7. The highest BCUT2D eigenvalue weighted by Crippen LogP contribution is 2.34. The van der Waals surface area contributed by atoms with E-state index in [1.807, 2.05) is 19.9 Å². The van der Waals surface area contributed by atoms with Gasteiger partial charge in [0, 0.05) is 0 Å². The lowest BCUT2D eigenvalue weighted by Crippen LogP contribution is -2.41. The predicted octanol–water partition coefficient (Wildman–Crippen LogP) is 3.32. The molecular formula is C19H24N2O5S. The summed E-state index contributed by atoms with van der Waals surface area (Å²) in [7, 11) is 3.10. The molecule has 0 saturated heterocycles. The number of aromatic carboxylic acids is 1. The van der Waals surface area contributed by atoms with Crippen molar-refractivity contribution in [1.82, 2.24) is 10.3 Å².